The zero-order valence-electron chi connectivity index (χ0n) is 11.7. The largest absolute Gasteiger partial charge is 0.315 e. The first-order valence-corrected chi connectivity index (χ1v) is 7.51. The lowest BCUT2D eigenvalue weighted by Gasteiger charge is -2.00. The van der Waals surface area contributed by atoms with Crippen molar-refractivity contribution in [2.24, 2.45) is 0 Å². The first-order chi connectivity index (χ1) is 9.63. The third kappa shape index (κ3) is 3.61. The number of hydrogen-bond donors (Lipinski definition) is 1. The first-order valence-electron chi connectivity index (χ1n) is 6.70. The van der Waals surface area contributed by atoms with Gasteiger partial charge in [-0.1, -0.05) is 19.4 Å². The van der Waals surface area contributed by atoms with Crippen LogP contribution < -0.4 is 5.32 Å². The molecule has 2 aromatic rings. The molecular formula is C15H18F2N2S. The van der Waals surface area contributed by atoms with E-state index in [4.69, 9.17) is 0 Å². The standard InChI is InChI=1S/C15H18F2N2S/c1-3-4-13-14(9-18-2)20-15(19-13)7-10-5-6-11(16)8-12(10)17/h5-6,8,18H,3-4,7,9H2,1-2H3. The molecule has 20 heavy (non-hydrogen) atoms. The van der Waals surface area contributed by atoms with Crippen LogP contribution in [0.4, 0.5) is 8.78 Å². The monoisotopic (exact) mass is 296 g/mol. The molecule has 0 saturated heterocycles. The van der Waals surface area contributed by atoms with E-state index in [9.17, 15) is 8.78 Å². The molecule has 0 spiro atoms. The van der Waals surface area contributed by atoms with Crippen LogP contribution in [0, 0.1) is 11.6 Å². The van der Waals surface area contributed by atoms with Crippen LogP contribution in [0.5, 0.6) is 0 Å². The highest BCUT2D eigenvalue weighted by Gasteiger charge is 2.12. The fourth-order valence-corrected chi connectivity index (χ4v) is 3.22. The van der Waals surface area contributed by atoms with Gasteiger partial charge in [-0.2, -0.15) is 0 Å². The van der Waals surface area contributed by atoms with Gasteiger partial charge in [0.2, 0.25) is 0 Å². The smallest absolute Gasteiger partial charge is 0.129 e. The summed E-state index contributed by atoms with van der Waals surface area (Å²) in [6, 6.07) is 3.70. The highest BCUT2D eigenvalue weighted by atomic mass is 32.1. The molecule has 0 unspecified atom stereocenters. The van der Waals surface area contributed by atoms with E-state index in [2.05, 4.69) is 17.2 Å². The van der Waals surface area contributed by atoms with Gasteiger partial charge in [-0.25, -0.2) is 13.8 Å². The van der Waals surface area contributed by atoms with Gasteiger partial charge >= 0.3 is 0 Å². The first kappa shape index (κ1) is 15.1. The Hall–Kier alpha value is -1.33. The summed E-state index contributed by atoms with van der Waals surface area (Å²) in [6.45, 7) is 2.89. The number of halogens is 2. The van der Waals surface area contributed by atoms with Gasteiger partial charge in [-0.15, -0.1) is 11.3 Å². The predicted octanol–water partition coefficient (Wildman–Crippen LogP) is 3.68. The minimum Gasteiger partial charge on any atom is -0.315 e. The molecule has 0 radical (unpaired) electrons. The van der Waals surface area contributed by atoms with Crippen molar-refractivity contribution >= 4 is 11.3 Å². The lowest BCUT2D eigenvalue weighted by molar-refractivity contribution is 0.574. The maximum absolute atomic E-state index is 13.7. The zero-order valence-corrected chi connectivity index (χ0v) is 12.5. The number of nitrogens with zero attached hydrogens (tertiary/aromatic N) is 1. The minimum atomic E-state index is -0.548. The molecule has 0 aliphatic carbocycles. The highest BCUT2D eigenvalue weighted by molar-refractivity contribution is 7.11. The summed E-state index contributed by atoms with van der Waals surface area (Å²) in [4.78, 5) is 5.80. The number of rotatable bonds is 6. The third-order valence-corrected chi connectivity index (χ3v) is 4.10. The predicted molar refractivity (Wildman–Crippen MR) is 78.0 cm³/mol. The molecule has 0 saturated carbocycles. The van der Waals surface area contributed by atoms with Crippen LogP contribution in [0.1, 0.15) is 34.5 Å². The van der Waals surface area contributed by atoms with Gasteiger partial charge in [0.25, 0.3) is 0 Å². The van der Waals surface area contributed by atoms with Crippen LogP contribution in [0.15, 0.2) is 18.2 Å². The number of aromatic nitrogens is 1. The zero-order chi connectivity index (χ0) is 14.5. The Morgan fingerprint density at radius 3 is 2.75 bits per heavy atom. The topological polar surface area (TPSA) is 24.9 Å². The number of aryl methyl sites for hydroxylation is 1. The second-order valence-corrected chi connectivity index (χ2v) is 5.84. The Kier molecular flexibility index (Phi) is 5.20. The van der Waals surface area contributed by atoms with Crippen molar-refractivity contribution in [2.45, 2.75) is 32.7 Å². The Balaban J connectivity index is 2.22. The van der Waals surface area contributed by atoms with Crippen LogP contribution in [0.25, 0.3) is 0 Å². The molecule has 0 amide bonds. The maximum Gasteiger partial charge on any atom is 0.129 e. The van der Waals surface area contributed by atoms with Crippen molar-refractivity contribution in [3.63, 3.8) is 0 Å². The van der Waals surface area contributed by atoms with E-state index in [1.54, 1.807) is 11.3 Å². The summed E-state index contributed by atoms with van der Waals surface area (Å²) in [7, 11) is 1.90. The Bertz CT molecular complexity index is 558. The lowest BCUT2D eigenvalue weighted by atomic mass is 10.1. The van der Waals surface area contributed by atoms with E-state index < -0.39 is 11.6 Å². The van der Waals surface area contributed by atoms with Gasteiger partial charge < -0.3 is 5.32 Å². The van der Waals surface area contributed by atoms with Crippen molar-refractivity contribution in [1.82, 2.24) is 10.3 Å². The Labute approximate surface area is 121 Å². The molecule has 1 heterocycles. The molecule has 2 rings (SSSR count). The number of hydrogen-bond acceptors (Lipinski definition) is 3. The molecular weight excluding hydrogens is 278 g/mol. The highest BCUT2D eigenvalue weighted by Crippen LogP contribution is 2.23. The minimum absolute atomic E-state index is 0.414. The average molecular weight is 296 g/mol. The molecule has 2 nitrogen and oxygen atoms in total. The summed E-state index contributed by atoms with van der Waals surface area (Å²) < 4.78 is 26.6. The van der Waals surface area contributed by atoms with Crippen LogP contribution in [-0.4, -0.2) is 12.0 Å². The van der Waals surface area contributed by atoms with Gasteiger partial charge in [0.1, 0.15) is 11.6 Å². The second kappa shape index (κ2) is 6.90. The Morgan fingerprint density at radius 1 is 1.30 bits per heavy atom. The van der Waals surface area contributed by atoms with E-state index in [-0.39, 0.29) is 0 Å². The van der Waals surface area contributed by atoms with Crippen LogP contribution in [-0.2, 0) is 19.4 Å². The normalized spacial score (nSPS) is 11.0. The quantitative estimate of drug-likeness (QED) is 0.879. The van der Waals surface area contributed by atoms with Gasteiger partial charge in [0.05, 0.1) is 10.7 Å². The van der Waals surface area contributed by atoms with E-state index >= 15 is 0 Å². The molecule has 1 aromatic heterocycles. The van der Waals surface area contributed by atoms with Crippen LogP contribution >= 0.6 is 11.3 Å². The SMILES string of the molecule is CCCc1nc(Cc2ccc(F)cc2F)sc1CNC. The van der Waals surface area contributed by atoms with Gasteiger partial charge in [-0.05, 0) is 25.1 Å². The fourth-order valence-electron chi connectivity index (χ4n) is 2.07. The van der Waals surface area contributed by atoms with Crippen molar-refractivity contribution in [1.29, 1.82) is 0 Å². The number of benzene rings is 1. The molecule has 1 N–H and O–H groups in total. The second-order valence-electron chi connectivity index (χ2n) is 4.67. The molecule has 0 aliphatic rings. The van der Waals surface area contributed by atoms with Crippen molar-refractivity contribution in [2.75, 3.05) is 7.05 Å². The Morgan fingerprint density at radius 2 is 2.10 bits per heavy atom. The summed E-state index contributed by atoms with van der Waals surface area (Å²) in [6.07, 6.45) is 2.38. The number of nitrogens with one attached hydrogen (secondary N) is 1. The van der Waals surface area contributed by atoms with Gasteiger partial charge in [-0.3, -0.25) is 0 Å². The van der Waals surface area contributed by atoms with Crippen LogP contribution in [0.3, 0.4) is 0 Å². The molecule has 1 aromatic carbocycles. The van der Waals surface area contributed by atoms with Crippen molar-refractivity contribution in [3.05, 3.63) is 51.0 Å². The van der Waals surface area contributed by atoms with E-state index in [0.717, 1.165) is 36.2 Å². The van der Waals surface area contributed by atoms with E-state index in [1.807, 2.05) is 7.05 Å². The van der Waals surface area contributed by atoms with Gasteiger partial charge in [0, 0.05) is 23.9 Å². The molecule has 0 aliphatic heterocycles. The summed E-state index contributed by atoms with van der Waals surface area (Å²) in [5.41, 5.74) is 1.57. The molecule has 108 valence electrons. The fraction of sp³-hybridized carbons (Fsp3) is 0.400. The van der Waals surface area contributed by atoms with Gasteiger partial charge in [0.15, 0.2) is 0 Å². The summed E-state index contributed by atoms with van der Waals surface area (Å²) in [5.74, 6) is -1.06. The van der Waals surface area contributed by atoms with Crippen molar-refractivity contribution < 1.29 is 8.78 Å². The molecule has 0 fully saturated rings. The maximum atomic E-state index is 13.7. The third-order valence-electron chi connectivity index (χ3n) is 3.00. The average Bonchev–Trinajstić information content (AvgIpc) is 2.76. The van der Waals surface area contributed by atoms with Crippen molar-refractivity contribution in [3.8, 4) is 0 Å². The van der Waals surface area contributed by atoms with Crippen LogP contribution in [0.2, 0.25) is 0 Å². The molecule has 0 atom stereocenters. The molecule has 0 bridgehead atoms. The van der Waals surface area contributed by atoms with E-state index in [1.165, 1.54) is 17.0 Å². The summed E-state index contributed by atoms with van der Waals surface area (Å²) in [5, 5.41) is 4.00. The number of thiazole rings is 1. The molecule has 5 heteroatoms. The summed E-state index contributed by atoms with van der Waals surface area (Å²) >= 11 is 1.60. The van der Waals surface area contributed by atoms with E-state index in [0.29, 0.717) is 12.0 Å². The lowest BCUT2D eigenvalue weighted by Crippen LogP contribution is -2.05.